The Kier molecular flexibility index (Phi) is 5.63. The van der Waals surface area contributed by atoms with Crippen molar-refractivity contribution in [2.45, 2.75) is 26.4 Å². The Bertz CT molecular complexity index is 995. The lowest BCUT2D eigenvalue weighted by molar-refractivity contribution is 0.0943. The number of imidazole rings is 1. The molecule has 1 aromatic heterocycles. The summed E-state index contributed by atoms with van der Waals surface area (Å²) in [6.07, 6.45) is 0. The highest BCUT2D eigenvalue weighted by Gasteiger charge is 2.16. The van der Waals surface area contributed by atoms with Gasteiger partial charge in [-0.1, -0.05) is 18.2 Å². The predicted octanol–water partition coefficient (Wildman–Crippen LogP) is 3.38. The Morgan fingerprint density at radius 2 is 1.86 bits per heavy atom. The van der Waals surface area contributed by atoms with Gasteiger partial charge in [0.2, 0.25) is 0 Å². The van der Waals surface area contributed by atoms with E-state index in [-0.39, 0.29) is 18.0 Å². The van der Waals surface area contributed by atoms with Gasteiger partial charge in [0.05, 0.1) is 17.6 Å². The smallest absolute Gasteiger partial charge is 0.321 e. The number of benzene rings is 2. The van der Waals surface area contributed by atoms with Crippen molar-refractivity contribution in [3.05, 3.63) is 59.9 Å². The SMILES string of the molecule is CC(C)NC(=O)c1ccc2c(c1)nc(CN(C)C(=O)Nc1ccccc1)n2C. The number of amides is 3. The number of nitrogens with zero attached hydrogens (tertiary/aromatic N) is 3. The normalized spacial score (nSPS) is 10.9. The van der Waals surface area contributed by atoms with E-state index in [1.807, 2.05) is 61.9 Å². The molecule has 0 bridgehead atoms. The van der Waals surface area contributed by atoms with Crippen molar-refractivity contribution in [1.82, 2.24) is 19.8 Å². The van der Waals surface area contributed by atoms with Crippen LogP contribution in [0.25, 0.3) is 11.0 Å². The molecule has 0 radical (unpaired) electrons. The summed E-state index contributed by atoms with van der Waals surface area (Å²) in [6, 6.07) is 14.6. The molecule has 1 heterocycles. The zero-order valence-corrected chi connectivity index (χ0v) is 16.6. The summed E-state index contributed by atoms with van der Waals surface area (Å²) in [5.74, 6) is 0.616. The molecule has 0 aliphatic rings. The minimum absolute atomic E-state index is 0.0688. The summed E-state index contributed by atoms with van der Waals surface area (Å²) in [6.45, 7) is 4.19. The molecule has 28 heavy (non-hydrogen) atoms. The summed E-state index contributed by atoms with van der Waals surface area (Å²) in [7, 11) is 3.63. The summed E-state index contributed by atoms with van der Waals surface area (Å²) in [4.78, 5) is 30.8. The second-order valence-electron chi connectivity index (χ2n) is 7.07. The van der Waals surface area contributed by atoms with Crippen molar-refractivity contribution in [3.63, 3.8) is 0 Å². The molecule has 146 valence electrons. The summed E-state index contributed by atoms with van der Waals surface area (Å²) >= 11 is 0. The van der Waals surface area contributed by atoms with E-state index >= 15 is 0 Å². The predicted molar refractivity (Wildman–Crippen MR) is 110 cm³/mol. The van der Waals surface area contributed by atoms with E-state index in [1.165, 1.54) is 0 Å². The van der Waals surface area contributed by atoms with Crippen LogP contribution in [0.5, 0.6) is 0 Å². The molecule has 7 nitrogen and oxygen atoms in total. The summed E-state index contributed by atoms with van der Waals surface area (Å²) < 4.78 is 1.94. The Hall–Kier alpha value is -3.35. The molecule has 3 rings (SSSR count). The van der Waals surface area contributed by atoms with E-state index in [1.54, 1.807) is 24.1 Å². The van der Waals surface area contributed by atoms with Crippen LogP contribution in [0.1, 0.15) is 30.0 Å². The first kappa shape index (κ1) is 19.4. The second-order valence-corrected chi connectivity index (χ2v) is 7.07. The van der Waals surface area contributed by atoms with Crippen LogP contribution in [0.4, 0.5) is 10.5 Å². The molecule has 2 N–H and O–H groups in total. The Morgan fingerprint density at radius 1 is 1.14 bits per heavy atom. The van der Waals surface area contributed by atoms with Gasteiger partial charge < -0.3 is 20.1 Å². The van der Waals surface area contributed by atoms with E-state index in [0.29, 0.717) is 12.1 Å². The highest BCUT2D eigenvalue weighted by molar-refractivity contribution is 5.97. The molecule has 0 spiro atoms. The van der Waals surface area contributed by atoms with Gasteiger partial charge in [0.25, 0.3) is 5.91 Å². The molecular formula is C21H25N5O2. The third-order valence-corrected chi connectivity index (χ3v) is 4.41. The second kappa shape index (κ2) is 8.12. The fourth-order valence-electron chi connectivity index (χ4n) is 2.90. The number of carbonyl (C=O) groups is 2. The van der Waals surface area contributed by atoms with E-state index in [9.17, 15) is 9.59 Å². The molecule has 0 aliphatic heterocycles. The molecule has 2 aromatic carbocycles. The number of urea groups is 1. The first-order chi connectivity index (χ1) is 13.3. The van der Waals surface area contributed by atoms with Gasteiger partial charge in [0.1, 0.15) is 5.82 Å². The third-order valence-electron chi connectivity index (χ3n) is 4.41. The lowest BCUT2D eigenvalue weighted by atomic mass is 10.2. The molecule has 0 unspecified atom stereocenters. The molecule has 0 saturated carbocycles. The number of aromatic nitrogens is 2. The number of anilines is 1. The van der Waals surface area contributed by atoms with Gasteiger partial charge >= 0.3 is 6.03 Å². The van der Waals surface area contributed by atoms with Gasteiger partial charge in [-0.25, -0.2) is 9.78 Å². The standard InChI is InChI=1S/C21H25N5O2/c1-14(2)22-20(27)15-10-11-18-17(12-15)24-19(26(18)4)13-25(3)21(28)23-16-8-6-5-7-9-16/h5-12,14H,13H2,1-4H3,(H,22,27)(H,23,28). The quantitative estimate of drug-likeness (QED) is 0.713. The highest BCUT2D eigenvalue weighted by atomic mass is 16.2. The number of fused-ring (bicyclic) bond motifs is 1. The number of rotatable bonds is 5. The largest absolute Gasteiger partial charge is 0.350 e. The number of aryl methyl sites for hydroxylation is 1. The lowest BCUT2D eigenvalue weighted by Gasteiger charge is -2.17. The number of para-hydroxylation sites is 1. The lowest BCUT2D eigenvalue weighted by Crippen LogP contribution is -2.31. The zero-order valence-electron chi connectivity index (χ0n) is 16.6. The number of nitrogens with one attached hydrogen (secondary N) is 2. The van der Waals surface area contributed by atoms with Crippen LogP contribution in [-0.2, 0) is 13.6 Å². The monoisotopic (exact) mass is 379 g/mol. The first-order valence-electron chi connectivity index (χ1n) is 9.18. The average Bonchev–Trinajstić information content (AvgIpc) is 2.97. The van der Waals surface area contributed by atoms with Crippen LogP contribution in [0.3, 0.4) is 0 Å². The Labute approximate surface area is 164 Å². The van der Waals surface area contributed by atoms with Gasteiger partial charge in [0, 0.05) is 31.4 Å². The van der Waals surface area contributed by atoms with Crippen molar-refractivity contribution in [1.29, 1.82) is 0 Å². The zero-order chi connectivity index (χ0) is 20.3. The molecular weight excluding hydrogens is 354 g/mol. The van der Waals surface area contributed by atoms with E-state index in [0.717, 1.165) is 22.5 Å². The average molecular weight is 379 g/mol. The summed E-state index contributed by atoms with van der Waals surface area (Å²) in [5, 5.41) is 5.74. The van der Waals surface area contributed by atoms with Crippen LogP contribution >= 0.6 is 0 Å². The maximum atomic E-state index is 12.4. The maximum absolute atomic E-state index is 12.4. The third kappa shape index (κ3) is 4.31. The number of hydrogen-bond acceptors (Lipinski definition) is 3. The van der Waals surface area contributed by atoms with Gasteiger partial charge in [-0.2, -0.15) is 0 Å². The van der Waals surface area contributed by atoms with Crippen LogP contribution in [0.2, 0.25) is 0 Å². The van der Waals surface area contributed by atoms with Crippen molar-refractivity contribution < 1.29 is 9.59 Å². The topological polar surface area (TPSA) is 79.3 Å². The van der Waals surface area contributed by atoms with Crippen LogP contribution < -0.4 is 10.6 Å². The van der Waals surface area contributed by atoms with Crippen molar-refractivity contribution in [2.75, 3.05) is 12.4 Å². The molecule has 0 atom stereocenters. The van der Waals surface area contributed by atoms with E-state index in [4.69, 9.17) is 0 Å². The maximum Gasteiger partial charge on any atom is 0.321 e. The molecule has 0 saturated heterocycles. The Morgan fingerprint density at radius 3 is 2.54 bits per heavy atom. The van der Waals surface area contributed by atoms with E-state index in [2.05, 4.69) is 15.6 Å². The minimum Gasteiger partial charge on any atom is -0.350 e. The van der Waals surface area contributed by atoms with E-state index < -0.39 is 0 Å². The molecule has 3 amide bonds. The van der Waals surface area contributed by atoms with Gasteiger partial charge in [-0.15, -0.1) is 0 Å². The molecule has 0 fully saturated rings. The molecule has 3 aromatic rings. The first-order valence-corrected chi connectivity index (χ1v) is 9.18. The van der Waals surface area contributed by atoms with Gasteiger partial charge in [-0.3, -0.25) is 4.79 Å². The highest BCUT2D eigenvalue weighted by Crippen LogP contribution is 2.18. The van der Waals surface area contributed by atoms with Crippen molar-refractivity contribution >= 4 is 28.7 Å². The molecule has 0 aliphatic carbocycles. The van der Waals surface area contributed by atoms with Crippen LogP contribution in [-0.4, -0.2) is 39.5 Å². The fourth-order valence-corrected chi connectivity index (χ4v) is 2.90. The minimum atomic E-state index is -0.213. The fraction of sp³-hybridized carbons (Fsp3) is 0.286. The molecule has 7 heteroatoms. The number of carbonyl (C=O) groups excluding carboxylic acids is 2. The van der Waals surface area contributed by atoms with Gasteiger partial charge in [-0.05, 0) is 44.2 Å². The number of hydrogen-bond donors (Lipinski definition) is 2. The van der Waals surface area contributed by atoms with Crippen LogP contribution in [0.15, 0.2) is 48.5 Å². The Balaban J connectivity index is 1.76. The van der Waals surface area contributed by atoms with Gasteiger partial charge in [0.15, 0.2) is 0 Å². The van der Waals surface area contributed by atoms with Crippen molar-refractivity contribution in [3.8, 4) is 0 Å². The van der Waals surface area contributed by atoms with Crippen LogP contribution in [0, 0.1) is 0 Å². The summed E-state index contributed by atoms with van der Waals surface area (Å²) in [5.41, 5.74) is 2.95. The van der Waals surface area contributed by atoms with Crippen molar-refractivity contribution in [2.24, 2.45) is 7.05 Å².